The monoisotopic (exact) mass is 226 g/mol. The summed E-state index contributed by atoms with van der Waals surface area (Å²) in [6.45, 7) is 0. The van der Waals surface area contributed by atoms with Crippen LogP contribution >= 0.6 is 0 Å². The van der Waals surface area contributed by atoms with Crippen molar-refractivity contribution < 1.29 is 14.3 Å². The van der Waals surface area contributed by atoms with E-state index in [1.807, 2.05) is 0 Å². The van der Waals surface area contributed by atoms with Crippen molar-refractivity contribution >= 4 is 12.6 Å². The summed E-state index contributed by atoms with van der Waals surface area (Å²) in [5.41, 5.74) is 0.904. The standard InChI is InChI=1S/C14H10O3/c15-9-11-5-1-3-7-13(11)17-14-8-4-2-6-12(14)10-16/h1-10H. The van der Waals surface area contributed by atoms with Crippen LogP contribution < -0.4 is 4.74 Å². The second-order valence-electron chi connectivity index (χ2n) is 3.41. The Bertz CT molecular complexity index is 497. The zero-order chi connectivity index (χ0) is 12.1. The van der Waals surface area contributed by atoms with E-state index in [4.69, 9.17) is 4.74 Å². The molecule has 0 spiro atoms. The first-order valence-corrected chi connectivity index (χ1v) is 5.11. The van der Waals surface area contributed by atoms with Crippen molar-refractivity contribution in [1.29, 1.82) is 0 Å². The van der Waals surface area contributed by atoms with Crippen molar-refractivity contribution in [2.45, 2.75) is 0 Å². The van der Waals surface area contributed by atoms with E-state index in [0.29, 0.717) is 22.6 Å². The molecule has 0 radical (unpaired) electrons. The molecule has 3 nitrogen and oxygen atoms in total. The lowest BCUT2D eigenvalue weighted by atomic mass is 10.2. The minimum Gasteiger partial charge on any atom is -0.456 e. The predicted molar refractivity (Wildman–Crippen MR) is 63.7 cm³/mol. The third-order valence-electron chi connectivity index (χ3n) is 2.31. The Labute approximate surface area is 98.7 Å². The van der Waals surface area contributed by atoms with E-state index in [0.717, 1.165) is 12.6 Å². The lowest BCUT2D eigenvalue weighted by Crippen LogP contribution is -1.93. The van der Waals surface area contributed by atoms with Crippen LogP contribution in [0.2, 0.25) is 0 Å². The first kappa shape index (κ1) is 11.1. The molecule has 0 aliphatic rings. The quantitative estimate of drug-likeness (QED) is 0.752. The number of aldehydes is 2. The first-order chi connectivity index (χ1) is 8.35. The second kappa shape index (κ2) is 5.07. The number of rotatable bonds is 4. The van der Waals surface area contributed by atoms with Gasteiger partial charge in [0, 0.05) is 0 Å². The van der Waals surface area contributed by atoms with Crippen molar-refractivity contribution in [3.05, 3.63) is 59.7 Å². The van der Waals surface area contributed by atoms with Crippen LogP contribution in [0.1, 0.15) is 20.7 Å². The van der Waals surface area contributed by atoms with Crippen LogP contribution in [0, 0.1) is 0 Å². The number of hydrogen-bond donors (Lipinski definition) is 0. The number of carbonyl (C=O) groups excluding carboxylic acids is 2. The lowest BCUT2D eigenvalue weighted by Gasteiger charge is -2.09. The summed E-state index contributed by atoms with van der Waals surface area (Å²) in [6, 6.07) is 13.7. The largest absolute Gasteiger partial charge is 0.456 e. The van der Waals surface area contributed by atoms with Crippen molar-refractivity contribution in [2.75, 3.05) is 0 Å². The maximum absolute atomic E-state index is 10.8. The molecule has 0 unspecified atom stereocenters. The fraction of sp³-hybridized carbons (Fsp3) is 0. The molecule has 0 saturated carbocycles. The average Bonchev–Trinajstić information content (AvgIpc) is 2.40. The smallest absolute Gasteiger partial charge is 0.153 e. The summed E-state index contributed by atoms with van der Waals surface area (Å²) in [7, 11) is 0. The Kier molecular flexibility index (Phi) is 3.31. The zero-order valence-electron chi connectivity index (χ0n) is 9.00. The Morgan fingerprint density at radius 1 is 0.706 bits per heavy atom. The molecule has 0 atom stereocenters. The van der Waals surface area contributed by atoms with Crippen LogP contribution in [0.25, 0.3) is 0 Å². The molecule has 2 aromatic rings. The molecule has 0 aliphatic heterocycles. The van der Waals surface area contributed by atoms with E-state index in [-0.39, 0.29) is 0 Å². The summed E-state index contributed by atoms with van der Waals surface area (Å²) in [4.78, 5) is 21.6. The number of benzene rings is 2. The van der Waals surface area contributed by atoms with Gasteiger partial charge in [-0.2, -0.15) is 0 Å². The summed E-state index contributed by atoms with van der Waals surface area (Å²) < 4.78 is 5.56. The summed E-state index contributed by atoms with van der Waals surface area (Å²) in [5, 5.41) is 0. The SMILES string of the molecule is O=Cc1ccccc1Oc1ccccc1C=O. The lowest BCUT2D eigenvalue weighted by molar-refractivity contribution is 0.111. The highest BCUT2D eigenvalue weighted by atomic mass is 16.5. The van der Waals surface area contributed by atoms with E-state index in [1.165, 1.54) is 0 Å². The van der Waals surface area contributed by atoms with Gasteiger partial charge in [-0.1, -0.05) is 24.3 Å². The van der Waals surface area contributed by atoms with Gasteiger partial charge in [-0.15, -0.1) is 0 Å². The van der Waals surface area contributed by atoms with Crippen LogP contribution in [0.5, 0.6) is 11.5 Å². The molecule has 0 aliphatic carbocycles. The Balaban J connectivity index is 2.37. The maximum atomic E-state index is 10.8. The Morgan fingerprint density at radius 2 is 1.12 bits per heavy atom. The minimum absolute atomic E-state index is 0.441. The van der Waals surface area contributed by atoms with E-state index < -0.39 is 0 Å². The van der Waals surface area contributed by atoms with Crippen molar-refractivity contribution in [1.82, 2.24) is 0 Å². The van der Waals surface area contributed by atoms with Gasteiger partial charge in [-0.05, 0) is 24.3 Å². The van der Waals surface area contributed by atoms with Crippen LogP contribution in [0.15, 0.2) is 48.5 Å². The fourth-order valence-corrected chi connectivity index (χ4v) is 1.46. The third kappa shape index (κ3) is 2.39. The van der Waals surface area contributed by atoms with E-state index >= 15 is 0 Å². The van der Waals surface area contributed by atoms with Gasteiger partial charge in [0.25, 0.3) is 0 Å². The van der Waals surface area contributed by atoms with E-state index in [2.05, 4.69) is 0 Å². The third-order valence-corrected chi connectivity index (χ3v) is 2.31. The molecule has 17 heavy (non-hydrogen) atoms. The number of para-hydroxylation sites is 2. The second-order valence-corrected chi connectivity index (χ2v) is 3.41. The summed E-state index contributed by atoms with van der Waals surface area (Å²) in [5.74, 6) is 0.883. The highest BCUT2D eigenvalue weighted by molar-refractivity contribution is 5.81. The molecular formula is C14H10O3. The summed E-state index contributed by atoms with van der Waals surface area (Å²) in [6.07, 6.45) is 1.44. The van der Waals surface area contributed by atoms with Gasteiger partial charge in [0.2, 0.25) is 0 Å². The van der Waals surface area contributed by atoms with Gasteiger partial charge in [0.1, 0.15) is 11.5 Å². The van der Waals surface area contributed by atoms with Gasteiger partial charge in [0.05, 0.1) is 11.1 Å². The van der Waals surface area contributed by atoms with Gasteiger partial charge in [0.15, 0.2) is 12.6 Å². The molecule has 2 aromatic carbocycles. The molecule has 0 heterocycles. The van der Waals surface area contributed by atoms with Crippen LogP contribution in [-0.4, -0.2) is 12.6 Å². The molecule has 0 bridgehead atoms. The number of hydrogen-bond acceptors (Lipinski definition) is 3. The molecular weight excluding hydrogens is 216 g/mol. The zero-order valence-corrected chi connectivity index (χ0v) is 9.00. The fourth-order valence-electron chi connectivity index (χ4n) is 1.46. The van der Waals surface area contributed by atoms with Gasteiger partial charge in [-0.3, -0.25) is 9.59 Å². The van der Waals surface area contributed by atoms with Crippen LogP contribution in [0.3, 0.4) is 0 Å². The van der Waals surface area contributed by atoms with E-state index in [1.54, 1.807) is 48.5 Å². The summed E-state index contributed by atoms with van der Waals surface area (Å²) >= 11 is 0. The van der Waals surface area contributed by atoms with Crippen molar-refractivity contribution in [3.8, 4) is 11.5 Å². The highest BCUT2D eigenvalue weighted by Crippen LogP contribution is 2.26. The molecule has 2 rings (SSSR count). The topological polar surface area (TPSA) is 43.4 Å². The number of carbonyl (C=O) groups is 2. The van der Waals surface area contributed by atoms with E-state index in [9.17, 15) is 9.59 Å². The van der Waals surface area contributed by atoms with Crippen LogP contribution in [-0.2, 0) is 0 Å². The van der Waals surface area contributed by atoms with Gasteiger partial charge >= 0.3 is 0 Å². The predicted octanol–water partition coefficient (Wildman–Crippen LogP) is 3.10. The average molecular weight is 226 g/mol. The van der Waals surface area contributed by atoms with Crippen molar-refractivity contribution in [3.63, 3.8) is 0 Å². The van der Waals surface area contributed by atoms with Gasteiger partial charge in [-0.25, -0.2) is 0 Å². The minimum atomic E-state index is 0.441. The van der Waals surface area contributed by atoms with Crippen LogP contribution in [0.4, 0.5) is 0 Å². The molecule has 0 N–H and O–H groups in total. The number of ether oxygens (including phenoxy) is 1. The van der Waals surface area contributed by atoms with Gasteiger partial charge < -0.3 is 4.74 Å². The first-order valence-electron chi connectivity index (χ1n) is 5.11. The highest BCUT2D eigenvalue weighted by Gasteiger charge is 2.06. The van der Waals surface area contributed by atoms with Crippen molar-refractivity contribution in [2.24, 2.45) is 0 Å². The molecule has 0 fully saturated rings. The molecule has 84 valence electrons. The molecule has 3 heteroatoms. The normalized spacial score (nSPS) is 9.65. The molecule has 0 saturated heterocycles. The Morgan fingerprint density at radius 3 is 1.53 bits per heavy atom. The maximum Gasteiger partial charge on any atom is 0.153 e. The Hall–Kier alpha value is -2.42. The molecule has 0 amide bonds. The molecule has 0 aromatic heterocycles.